The van der Waals surface area contributed by atoms with Crippen molar-refractivity contribution >= 4 is 43.8 Å². The lowest BCUT2D eigenvalue weighted by atomic mass is 9.77. The lowest BCUT2D eigenvalue weighted by Crippen LogP contribution is -2.33. The second-order valence-corrected chi connectivity index (χ2v) is 6.84. The molecule has 0 saturated carbocycles. The van der Waals surface area contributed by atoms with Crippen LogP contribution in [0.4, 0.5) is 0 Å². The van der Waals surface area contributed by atoms with Gasteiger partial charge >= 0.3 is 11.9 Å². The minimum atomic E-state index is -1.49. The number of phenolic OH excluding ortho intramolecular Hbond substituents is 1. The van der Waals surface area contributed by atoms with Gasteiger partial charge in [-0.2, -0.15) is 10.5 Å². The zero-order chi connectivity index (χ0) is 19.9. The number of hydrogen-bond acceptors (Lipinski definition) is 7. The van der Waals surface area contributed by atoms with E-state index in [1.54, 1.807) is 32.1 Å². The van der Waals surface area contributed by atoms with E-state index in [1.807, 2.05) is 0 Å². The molecule has 7 nitrogen and oxygen atoms in total. The van der Waals surface area contributed by atoms with Gasteiger partial charge in [-0.25, -0.2) is 0 Å². The zero-order valence-corrected chi connectivity index (χ0v) is 17.2. The number of phenols is 1. The Morgan fingerprint density at radius 3 is 1.92 bits per heavy atom. The summed E-state index contributed by atoms with van der Waals surface area (Å²) < 4.78 is 10.6. The summed E-state index contributed by atoms with van der Waals surface area (Å²) in [5, 5.41) is 29.5. The van der Waals surface area contributed by atoms with E-state index in [-0.39, 0.29) is 29.0 Å². The van der Waals surface area contributed by atoms with Gasteiger partial charge in [0, 0.05) is 16.0 Å². The van der Waals surface area contributed by atoms with Crippen molar-refractivity contribution in [3.8, 4) is 17.9 Å². The van der Waals surface area contributed by atoms with E-state index in [9.17, 15) is 25.2 Å². The monoisotopic (exact) mass is 486 g/mol. The van der Waals surface area contributed by atoms with Gasteiger partial charge in [-0.15, -0.1) is 0 Å². The van der Waals surface area contributed by atoms with Gasteiger partial charge in [0.05, 0.1) is 29.8 Å². The summed E-state index contributed by atoms with van der Waals surface area (Å²) in [6, 6.07) is 6.57. The largest absolute Gasteiger partial charge is 0.506 e. The molecule has 0 aromatic heterocycles. The van der Waals surface area contributed by atoms with Crippen LogP contribution in [0.15, 0.2) is 21.1 Å². The van der Waals surface area contributed by atoms with Crippen molar-refractivity contribution in [1.29, 1.82) is 10.5 Å². The third-order valence-electron chi connectivity index (χ3n) is 3.49. The number of benzene rings is 1. The second kappa shape index (κ2) is 10.1. The molecule has 1 aromatic carbocycles. The summed E-state index contributed by atoms with van der Waals surface area (Å²) in [6.45, 7) is 3.19. The van der Waals surface area contributed by atoms with Crippen LogP contribution in [0.3, 0.4) is 0 Å². The van der Waals surface area contributed by atoms with Gasteiger partial charge in [0.2, 0.25) is 0 Å². The number of rotatable bonds is 7. The summed E-state index contributed by atoms with van der Waals surface area (Å²) in [6.07, 6.45) is 0. The van der Waals surface area contributed by atoms with Gasteiger partial charge in [-0.1, -0.05) is 15.9 Å². The van der Waals surface area contributed by atoms with E-state index in [2.05, 4.69) is 31.9 Å². The molecule has 0 aliphatic heterocycles. The van der Waals surface area contributed by atoms with Crippen LogP contribution in [0.2, 0.25) is 0 Å². The van der Waals surface area contributed by atoms with Crippen molar-refractivity contribution in [2.24, 2.45) is 11.8 Å². The second-order valence-electron chi connectivity index (χ2n) is 5.07. The molecule has 0 heterocycles. The summed E-state index contributed by atoms with van der Waals surface area (Å²) in [4.78, 5) is 24.5. The quantitative estimate of drug-likeness (QED) is 0.585. The van der Waals surface area contributed by atoms with Crippen LogP contribution in [-0.2, 0) is 19.1 Å². The highest BCUT2D eigenvalue weighted by molar-refractivity contribution is 9.11. The average Bonchev–Trinajstić information content (AvgIpc) is 2.58. The molecule has 0 bridgehead atoms. The first kappa shape index (κ1) is 21.9. The summed E-state index contributed by atoms with van der Waals surface area (Å²) in [5.74, 6) is -6.32. The number of esters is 2. The number of halogens is 2. The fraction of sp³-hybridized carbons (Fsp3) is 0.412. The summed E-state index contributed by atoms with van der Waals surface area (Å²) in [7, 11) is 0. The number of carbonyl (C=O) groups excluding carboxylic acids is 2. The molecule has 0 aliphatic rings. The molecule has 1 N–H and O–H groups in total. The highest BCUT2D eigenvalue weighted by Gasteiger charge is 2.43. The first-order valence-electron chi connectivity index (χ1n) is 7.62. The Morgan fingerprint density at radius 1 is 1.08 bits per heavy atom. The first-order valence-corrected chi connectivity index (χ1v) is 9.21. The maximum atomic E-state index is 12.3. The van der Waals surface area contributed by atoms with Gasteiger partial charge < -0.3 is 14.6 Å². The maximum Gasteiger partial charge on any atom is 0.324 e. The van der Waals surface area contributed by atoms with Crippen LogP contribution < -0.4 is 0 Å². The van der Waals surface area contributed by atoms with Crippen LogP contribution in [0.25, 0.3) is 0 Å². The minimum absolute atomic E-state index is 0.0223. The van der Waals surface area contributed by atoms with Gasteiger partial charge in [0.15, 0.2) is 11.8 Å². The van der Waals surface area contributed by atoms with Gasteiger partial charge in [-0.3, -0.25) is 9.59 Å². The van der Waals surface area contributed by atoms with E-state index in [0.717, 1.165) is 0 Å². The molecule has 2 atom stereocenters. The standard InChI is InChI=1S/C17H16Br2N2O5/c1-3-25-16(23)11(7-20)14(12(8-21)17(24)26-4-2)10-5-9(18)6-13(19)15(10)22/h5-6,11-12,14,22H,3-4H2,1-2H3/t11-,12-/m1/s1. The number of aromatic hydroxyl groups is 1. The highest BCUT2D eigenvalue weighted by Crippen LogP contribution is 2.43. The molecule has 0 amide bonds. The molecule has 0 fully saturated rings. The molecule has 1 rings (SSSR count). The maximum absolute atomic E-state index is 12.3. The summed E-state index contributed by atoms with van der Waals surface area (Å²) >= 11 is 6.42. The molecule has 0 radical (unpaired) electrons. The fourth-order valence-electron chi connectivity index (χ4n) is 2.41. The molecule has 0 aliphatic carbocycles. The molecule has 138 valence electrons. The third kappa shape index (κ3) is 4.96. The Hall–Kier alpha value is -2.10. The number of hydrogen-bond donors (Lipinski definition) is 1. The van der Waals surface area contributed by atoms with Crippen LogP contribution in [0, 0.1) is 34.5 Å². The molecular formula is C17H16Br2N2O5. The number of nitrogens with zero attached hydrogens (tertiary/aromatic N) is 2. The normalized spacial score (nSPS) is 12.6. The topological polar surface area (TPSA) is 120 Å². The van der Waals surface area contributed by atoms with E-state index in [0.29, 0.717) is 4.47 Å². The Balaban J connectivity index is 3.62. The highest BCUT2D eigenvalue weighted by atomic mass is 79.9. The van der Waals surface area contributed by atoms with E-state index in [1.165, 1.54) is 6.07 Å². The lowest BCUT2D eigenvalue weighted by Gasteiger charge is -2.25. The molecule has 1 aromatic rings. The predicted molar refractivity (Wildman–Crippen MR) is 97.7 cm³/mol. The van der Waals surface area contributed by atoms with Crippen molar-refractivity contribution < 1.29 is 24.2 Å². The minimum Gasteiger partial charge on any atom is -0.506 e. The van der Waals surface area contributed by atoms with E-state index < -0.39 is 29.7 Å². The van der Waals surface area contributed by atoms with Crippen LogP contribution in [-0.4, -0.2) is 30.3 Å². The summed E-state index contributed by atoms with van der Waals surface area (Å²) in [5.41, 5.74) is 0.0745. The van der Waals surface area contributed by atoms with Crippen molar-refractivity contribution in [2.75, 3.05) is 13.2 Å². The Morgan fingerprint density at radius 2 is 1.54 bits per heavy atom. The smallest absolute Gasteiger partial charge is 0.324 e. The van der Waals surface area contributed by atoms with E-state index in [4.69, 9.17) is 9.47 Å². The van der Waals surface area contributed by atoms with Crippen LogP contribution in [0.5, 0.6) is 5.75 Å². The molecule has 9 heteroatoms. The molecule has 26 heavy (non-hydrogen) atoms. The Kier molecular flexibility index (Phi) is 8.56. The van der Waals surface area contributed by atoms with E-state index >= 15 is 0 Å². The van der Waals surface area contributed by atoms with Gasteiger partial charge in [0.1, 0.15) is 5.75 Å². The third-order valence-corrected chi connectivity index (χ3v) is 4.56. The van der Waals surface area contributed by atoms with Crippen molar-refractivity contribution in [3.05, 3.63) is 26.6 Å². The number of ether oxygens (including phenoxy) is 2. The number of carbonyl (C=O) groups is 2. The van der Waals surface area contributed by atoms with Crippen molar-refractivity contribution in [1.82, 2.24) is 0 Å². The Bertz CT molecular complexity index is 734. The zero-order valence-electron chi connectivity index (χ0n) is 14.0. The number of nitriles is 2. The average molecular weight is 488 g/mol. The fourth-order valence-corrected chi connectivity index (χ4v) is 3.67. The van der Waals surface area contributed by atoms with Crippen LogP contribution >= 0.6 is 31.9 Å². The predicted octanol–water partition coefficient (Wildman–Crippen LogP) is 3.41. The molecule has 0 spiro atoms. The molecule has 0 saturated heterocycles. The lowest BCUT2D eigenvalue weighted by molar-refractivity contribution is -0.150. The SMILES string of the molecule is CCOC(=O)[C@H](C#N)C(c1cc(Br)cc(Br)c1O)[C@@H](C#N)C(=O)OCC. The Labute approximate surface area is 167 Å². The van der Waals surface area contributed by atoms with Crippen molar-refractivity contribution in [2.45, 2.75) is 19.8 Å². The van der Waals surface area contributed by atoms with Gasteiger partial charge in [0.25, 0.3) is 0 Å². The van der Waals surface area contributed by atoms with Crippen LogP contribution in [0.1, 0.15) is 25.3 Å². The van der Waals surface area contributed by atoms with Crippen molar-refractivity contribution in [3.63, 3.8) is 0 Å². The molecular weight excluding hydrogens is 472 g/mol. The first-order chi connectivity index (χ1) is 12.3. The molecule has 0 unspecified atom stereocenters. The van der Waals surface area contributed by atoms with Gasteiger partial charge in [-0.05, 0) is 41.9 Å².